The fourth-order valence-electron chi connectivity index (χ4n) is 3.39. The third kappa shape index (κ3) is 3.80. The molecule has 6 nitrogen and oxygen atoms in total. The molecule has 1 aliphatic rings. The van der Waals surface area contributed by atoms with Crippen LogP contribution in [0.2, 0.25) is 0 Å². The molecule has 0 unspecified atom stereocenters. The van der Waals surface area contributed by atoms with Crippen LogP contribution in [0.25, 0.3) is 11.0 Å². The molecule has 1 saturated heterocycles. The van der Waals surface area contributed by atoms with E-state index in [2.05, 4.69) is 4.98 Å². The molecule has 1 fully saturated rings. The molecule has 0 bridgehead atoms. The topological polar surface area (TPSA) is 58.4 Å². The van der Waals surface area contributed by atoms with E-state index in [9.17, 15) is 22.8 Å². The number of fused-ring (bicyclic) bond motifs is 1. The van der Waals surface area contributed by atoms with Gasteiger partial charge in [0.1, 0.15) is 13.1 Å². The normalized spacial score (nSPS) is 14.8. The van der Waals surface area contributed by atoms with E-state index in [1.54, 1.807) is 12.1 Å². The van der Waals surface area contributed by atoms with Gasteiger partial charge in [0.15, 0.2) is 0 Å². The zero-order valence-electron chi connectivity index (χ0n) is 15.3. The molecule has 0 N–H and O–H groups in total. The SMILES string of the molecule is O=C(Cn1c(C(F)(F)F)nc2ccccc21)N1CC(=O)N(Cc2ccccc2)C1. The van der Waals surface area contributed by atoms with Crippen LogP contribution in [0.15, 0.2) is 54.6 Å². The summed E-state index contributed by atoms with van der Waals surface area (Å²) in [4.78, 5) is 31.4. The van der Waals surface area contributed by atoms with Crippen molar-refractivity contribution < 1.29 is 22.8 Å². The van der Waals surface area contributed by atoms with Crippen molar-refractivity contribution in [2.75, 3.05) is 13.2 Å². The molecule has 2 amide bonds. The van der Waals surface area contributed by atoms with E-state index in [4.69, 9.17) is 0 Å². The number of benzene rings is 2. The number of halogens is 3. The van der Waals surface area contributed by atoms with Gasteiger partial charge < -0.3 is 14.4 Å². The van der Waals surface area contributed by atoms with Crippen molar-refractivity contribution >= 4 is 22.8 Å². The molecule has 1 aromatic heterocycles. The van der Waals surface area contributed by atoms with Crippen molar-refractivity contribution in [1.29, 1.82) is 0 Å². The Morgan fingerprint density at radius 1 is 1.03 bits per heavy atom. The number of hydrogen-bond donors (Lipinski definition) is 0. The van der Waals surface area contributed by atoms with E-state index in [1.807, 2.05) is 30.3 Å². The summed E-state index contributed by atoms with van der Waals surface area (Å²) in [6.45, 7) is -0.312. The standard InChI is InChI=1S/C20H17F3N4O2/c21-20(22,23)19-24-15-8-4-5-9-16(15)27(19)12-18(29)26-11-17(28)25(13-26)10-14-6-2-1-3-7-14/h1-9H,10-13H2. The molecule has 0 saturated carbocycles. The molecule has 0 spiro atoms. The molecule has 0 radical (unpaired) electrons. The maximum atomic E-state index is 13.4. The van der Waals surface area contributed by atoms with E-state index in [0.717, 1.165) is 10.1 Å². The van der Waals surface area contributed by atoms with Gasteiger partial charge in [-0.3, -0.25) is 9.59 Å². The molecule has 4 rings (SSSR count). The molecule has 0 aliphatic carbocycles. The van der Waals surface area contributed by atoms with Crippen molar-refractivity contribution in [2.45, 2.75) is 19.3 Å². The lowest BCUT2D eigenvalue weighted by Crippen LogP contribution is -2.34. The summed E-state index contributed by atoms with van der Waals surface area (Å²) in [5, 5.41) is 0. The van der Waals surface area contributed by atoms with Crippen LogP contribution in [0.5, 0.6) is 0 Å². The fraction of sp³-hybridized carbons (Fsp3) is 0.250. The number of imidazole rings is 1. The summed E-state index contributed by atoms with van der Waals surface area (Å²) in [5.41, 5.74) is 1.30. The molecule has 9 heteroatoms. The minimum atomic E-state index is -4.69. The smallest absolute Gasteiger partial charge is 0.319 e. The largest absolute Gasteiger partial charge is 0.449 e. The van der Waals surface area contributed by atoms with Gasteiger partial charge in [0, 0.05) is 6.54 Å². The van der Waals surface area contributed by atoms with Crippen LogP contribution in [-0.2, 0) is 28.9 Å². The number of para-hydroxylation sites is 2. The summed E-state index contributed by atoms with van der Waals surface area (Å²) < 4.78 is 41.1. The van der Waals surface area contributed by atoms with Crippen molar-refractivity contribution in [3.8, 4) is 0 Å². The van der Waals surface area contributed by atoms with Crippen LogP contribution in [-0.4, -0.2) is 44.4 Å². The minimum Gasteiger partial charge on any atom is -0.319 e. The van der Waals surface area contributed by atoms with Gasteiger partial charge >= 0.3 is 6.18 Å². The number of hydrogen-bond acceptors (Lipinski definition) is 3. The second kappa shape index (κ2) is 7.23. The van der Waals surface area contributed by atoms with Gasteiger partial charge in [-0.05, 0) is 17.7 Å². The first-order chi connectivity index (χ1) is 13.8. The van der Waals surface area contributed by atoms with Gasteiger partial charge in [-0.2, -0.15) is 13.2 Å². The van der Waals surface area contributed by atoms with E-state index in [0.29, 0.717) is 6.54 Å². The lowest BCUT2D eigenvalue weighted by molar-refractivity contribution is -0.148. The quantitative estimate of drug-likeness (QED) is 0.674. The highest BCUT2D eigenvalue weighted by molar-refractivity contribution is 5.88. The van der Waals surface area contributed by atoms with Crippen LogP contribution in [0, 0.1) is 0 Å². The summed E-state index contributed by atoms with van der Waals surface area (Å²) in [7, 11) is 0. The number of rotatable bonds is 4. The number of carbonyl (C=O) groups is 2. The Labute approximate surface area is 164 Å². The van der Waals surface area contributed by atoms with E-state index < -0.39 is 24.5 Å². The molecular weight excluding hydrogens is 385 g/mol. The zero-order valence-corrected chi connectivity index (χ0v) is 15.3. The Morgan fingerprint density at radius 2 is 1.72 bits per heavy atom. The maximum absolute atomic E-state index is 13.4. The van der Waals surface area contributed by atoms with Crippen molar-refractivity contribution in [2.24, 2.45) is 0 Å². The van der Waals surface area contributed by atoms with E-state index >= 15 is 0 Å². The number of amides is 2. The predicted molar refractivity (Wildman–Crippen MR) is 98.3 cm³/mol. The summed E-state index contributed by atoms with van der Waals surface area (Å²) in [5.74, 6) is -1.94. The second-order valence-corrected chi connectivity index (χ2v) is 6.82. The molecular formula is C20H17F3N4O2. The van der Waals surface area contributed by atoms with E-state index in [-0.39, 0.29) is 30.2 Å². The highest BCUT2D eigenvalue weighted by Crippen LogP contribution is 2.31. The van der Waals surface area contributed by atoms with Crippen LogP contribution in [0.4, 0.5) is 13.2 Å². The predicted octanol–water partition coefficient (Wildman–Crippen LogP) is 2.88. The van der Waals surface area contributed by atoms with Crippen molar-refractivity contribution in [3.63, 3.8) is 0 Å². The molecule has 3 aromatic rings. The molecule has 2 aromatic carbocycles. The average Bonchev–Trinajstić information content (AvgIpc) is 3.24. The van der Waals surface area contributed by atoms with Gasteiger partial charge in [0.2, 0.25) is 17.6 Å². The molecule has 150 valence electrons. The Kier molecular flexibility index (Phi) is 4.73. The van der Waals surface area contributed by atoms with Gasteiger partial charge in [-0.15, -0.1) is 0 Å². The van der Waals surface area contributed by atoms with Gasteiger partial charge in [-0.25, -0.2) is 4.98 Å². The Morgan fingerprint density at radius 3 is 2.45 bits per heavy atom. The third-order valence-corrected chi connectivity index (χ3v) is 4.79. The first-order valence-electron chi connectivity index (χ1n) is 8.95. The van der Waals surface area contributed by atoms with Crippen LogP contribution in [0.3, 0.4) is 0 Å². The van der Waals surface area contributed by atoms with Crippen LogP contribution in [0.1, 0.15) is 11.4 Å². The first kappa shape index (κ1) is 19.0. The minimum absolute atomic E-state index is 0.0422. The fourth-order valence-corrected chi connectivity index (χ4v) is 3.39. The van der Waals surface area contributed by atoms with Crippen molar-refractivity contribution in [1.82, 2.24) is 19.4 Å². The lowest BCUT2D eigenvalue weighted by atomic mass is 10.2. The monoisotopic (exact) mass is 402 g/mol. The molecule has 2 heterocycles. The van der Waals surface area contributed by atoms with Gasteiger partial charge in [0.05, 0.1) is 17.7 Å². The van der Waals surface area contributed by atoms with Crippen LogP contribution < -0.4 is 0 Å². The second-order valence-electron chi connectivity index (χ2n) is 6.82. The highest BCUT2D eigenvalue weighted by atomic mass is 19.4. The van der Waals surface area contributed by atoms with E-state index in [1.165, 1.54) is 21.9 Å². The van der Waals surface area contributed by atoms with Crippen LogP contribution >= 0.6 is 0 Å². The molecule has 1 aliphatic heterocycles. The third-order valence-electron chi connectivity index (χ3n) is 4.79. The summed E-state index contributed by atoms with van der Waals surface area (Å²) in [6, 6.07) is 15.4. The molecule has 29 heavy (non-hydrogen) atoms. The van der Waals surface area contributed by atoms with Gasteiger partial charge in [-0.1, -0.05) is 42.5 Å². The zero-order chi connectivity index (χ0) is 20.6. The molecule has 0 atom stereocenters. The Bertz CT molecular complexity index is 1060. The van der Waals surface area contributed by atoms with Crippen molar-refractivity contribution in [3.05, 3.63) is 66.0 Å². The number of carbonyl (C=O) groups excluding carboxylic acids is 2. The Hall–Kier alpha value is -3.36. The number of aromatic nitrogens is 2. The Balaban J connectivity index is 1.54. The highest BCUT2D eigenvalue weighted by Gasteiger charge is 2.39. The number of nitrogens with zero attached hydrogens (tertiary/aromatic N) is 4. The first-order valence-corrected chi connectivity index (χ1v) is 8.95. The summed E-state index contributed by atoms with van der Waals surface area (Å²) >= 11 is 0. The maximum Gasteiger partial charge on any atom is 0.449 e. The average molecular weight is 402 g/mol. The summed E-state index contributed by atoms with van der Waals surface area (Å²) in [6.07, 6.45) is -4.69. The van der Waals surface area contributed by atoms with Gasteiger partial charge in [0.25, 0.3) is 0 Å². The number of alkyl halides is 3. The lowest BCUT2D eigenvalue weighted by Gasteiger charge is -2.19.